The van der Waals surface area contributed by atoms with Crippen molar-refractivity contribution in [2.24, 2.45) is 0 Å². The van der Waals surface area contributed by atoms with E-state index >= 15 is 0 Å². The van der Waals surface area contributed by atoms with Gasteiger partial charge in [0.15, 0.2) is 9.84 Å². The summed E-state index contributed by atoms with van der Waals surface area (Å²) >= 11 is 0. The number of hydrogen-bond acceptors (Lipinski definition) is 5. The molecule has 2 aliphatic rings. The Labute approximate surface area is 201 Å². The standard InChI is InChI=1S/C27H31N3O3S/c1-18-9-10-19(30-16-20(17-30)29(2)3)15-23(18)26(31)28-27(13-14-27)24-11-12-25(34(4,32)33)22-8-6-5-7-21(22)24/h5-12,15,20H,13-14,16-17H2,1-4H3,(H,28,31). The quantitative estimate of drug-likeness (QED) is 0.586. The molecule has 1 aliphatic heterocycles. The zero-order valence-electron chi connectivity index (χ0n) is 20.1. The first-order valence-electron chi connectivity index (χ1n) is 11.7. The molecule has 1 heterocycles. The number of nitrogens with zero attached hydrogens (tertiary/aromatic N) is 2. The van der Waals surface area contributed by atoms with Gasteiger partial charge in [-0.05, 0) is 68.6 Å². The van der Waals surface area contributed by atoms with Crippen molar-refractivity contribution in [2.45, 2.75) is 36.2 Å². The normalized spacial score (nSPS) is 17.6. The summed E-state index contributed by atoms with van der Waals surface area (Å²) in [6.45, 7) is 3.88. The molecule has 0 unspecified atom stereocenters. The van der Waals surface area contributed by atoms with Crippen molar-refractivity contribution >= 4 is 32.2 Å². The number of carbonyl (C=O) groups excluding carboxylic acids is 1. The summed E-state index contributed by atoms with van der Waals surface area (Å²) in [5.74, 6) is -0.0854. The maximum atomic E-state index is 13.5. The number of benzene rings is 3. The lowest BCUT2D eigenvalue weighted by atomic mass is 9.96. The van der Waals surface area contributed by atoms with Gasteiger partial charge in [-0.1, -0.05) is 36.4 Å². The highest BCUT2D eigenvalue weighted by Crippen LogP contribution is 2.49. The molecule has 0 radical (unpaired) electrons. The number of likely N-dealkylation sites (N-methyl/N-ethyl adjacent to an activating group) is 1. The minimum Gasteiger partial charge on any atom is -0.368 e. The van der Waals surface area contributed by atoms with Gasteiger partial charge < -0.3 is 15.1 Å². The molecule has 7 heteroatoms. The van der Waals surface area contributed by atoms with Crippen LogP contribution in [0.2, 0.25) is 0 Å². The molecule has 0 spiro atoms. The molecular formula is C27H31N3O3S. The van der Waals surface area contributed by atoms with E-state index in [9.17, 15) is 13.2 Å². The second-order valence-electron chi connectivity index (χ2n) is 9.99. The Morgan fingerprint density at radius 3 is 2.32 bits per heavy atom. The van der Waals surface area contributed by atoms with Crippen molar-refractivity contribution in [3.63, 3.8) is 0 Å². The Balaban J connectivity index is 1.44. The topological polar surface area (TPSA) is 69.7 Å². The van der Waals surface area contributed by atoms with Crippen LogP contribution in [0.3, 0.4) is 0 Å². The van der Waals surface area contributed by atoms with Crippen molar-refractivity contribution < 1.29 is 13.2 Å². The number of rotatable bonds is 6. The fourth-order valence-electron chi connectivity index (χ4n) is 4.93. The number of fused-ring (bicyclic) bond motifs is 1. The van der Waals surface area contributed by atoms with E-state index in [1.54, 1.807) is 6.07 Å². The van der Waals surface area contributed by atoms with Crippen LogP contribution < -0.4 is 10.2 Å². The zero-order chi connectivity index (χ0) is 24.3. The van der Waals surface area contributed by atoms with E-state index < -0.39 is 15.4 Å². The molecule has 0 bridgehead atoms. The third kappa shape index (κ3) is 3.97. The largest absolute Gasteiger partial charge is 0.368 e. The SMILES string of the molecule is Cc1ccc(N2CC(N(C)C)C2)cc1C(=O)NC1(c2ccc(S(C)(=O)=O)c3ccccc23)CC1. The first-order chi connectivity index (χ1) is 16.1. The van der Waals surface area contributed by atoms with Gasteiger partial charge in [-0.25, -0.2) is 8.42 Å². The molecule has 1 N–H and O–H groups in total. The summed E-state index contributed by atoms with van der Waals surface area (Å²) in [7, 11) is 0.832. The number of anilines is 1. The summed E-state index contributed by atoms with van der Waals surface area (Å²) in [6, 6.07) is 17.7. The highest BCUT2D eigenvalue weighted by Gasteiger charge is 2.47. The van der Waals surface area contributed by atoms with Crippen LogP contribution in [0.1, 0.15) is 34.3 Å². The van der Waals surface area contributed by atoms with Gasteiger partial charge in [0.25, 0.3) is 5.91 Å². The first kappa shape index (κ1) is 22.9. The lowest BCUT2D eigenvalue weighted by molar-refractivity contribution is 0.0930. The van der Waals surface area contributed by atoms with Crippen LogP contribution in [0.5, 0.6) is 0 Å². The Morgan fingerprint density at radius 1 is 1.03 bits per heavy atom. The van der Waals surface area contributed by atoms with E-state index in [1.165, 1.54) is 6.26 Å². The predicted molar refractivity (Wildman–Crippen MR) is 136 cm³/mol. The van der Waals surface area contributed by atoms with Gasteiger partial charge in [0, 0.05) is 42.0 Å². The van der Waals surface area contributed by atoms with Crippen LogP contribution in [0.4, 0.5) is 5.69 Å². The number of amides is 1. The van der Waals surface area contributed by atoms with Gasteiger partial charge in [0.1, 0.15) is 0 Å². The van der Waals surface area contributed by atoms with Gasteiger partial charge >= 0.3 is 0 Å². The summed E-state index contributed by atoms with van der Waals surface area (Å²) < 4.78 is 24.6. The van der Waals surface area contributed by atoms with Gasteiger partial charge in [-0.3, -0.25) is 4.79 Å². The monoisotopic (exact) mass is 477 g/mol. The van der Waals surface area contributed by atoms with E-state index in [-0.39, 0.29) is 5.91 Å². The van der Waals surface area contributed by atoms with Crippen LogP contribution in [0.25, 0.3) is 10.8 Å². The third-order valence-electron chi connectivity index (χ3n) is 7.33. The smallest absolute Gasteiger partial charge is 0.252 e. The average molecular weight is 478 g/mol. The lowest BCUT2D eigenvalue weighted by Crippen LogP contribution is -2.57. The third-order valence-corrected chi connectivity index (χ3v) is 8.48. The Kier molecular flexibility index (Phi) is 5.45. The molecule has 2 fully saturated rings. The molecule has 178 valence electrons. The van der Waals surface area contributed by atoms with Crippen molar-refractivity contribution in [3.05, 3.63) is 71.3 Å². The lowest BCUT2D eigenvalue weighted by Gasteiger charge is -2.44. The summed E-state index contributed by atoms with van der Waals surface area (Å²) in [6.07, 6.45) is 2.89. The molecule has 1 saturated carbocycles. The first-order valence-corrected chi connectivity index (χ1v) is 13.5. The average Bonchev–Trinajstić information content (AvgIpc) is 3.52. The molecule has 0 atom stereocenters. The van der Waals surface area contributed by atoms with Crippen LogP contribution in [0, 0.1) is 6.92 Å². The summed E-state index contributed by atoms with van der Waals surface area (Å²) in [4.78, 5) is 18.3. The second-order valence-corrected chi connectivity index (χ2v) is 12.0. The number of carbonyl (C=O) groups is 1. The van der Waals surface area contributed by atoms with E-state index in [0.29, 0.717) is 21.9 Å². The maximum absolute atomic E-state index is 13.5. The van der Waals surface area contributed by atoms with Crippen LogP contribution >= 0.6 is 0 Å². The van der Waals surface area contributed by atoms with E-state index in [2.05, 4.69) is 35.3 Å². The molecule has 34 heavy (non-hydrogen) atoms. The van der Waals surface area contributed by atoms with Gasteiger partial charge in [0.2, 0.25) is 0 Å². The number of nitrogens with one attached hydrogen (secondary N) is 1. The van der Waals surface area contributed by atoms with Gasteiger partial charge in [-0.15, -0.1) is 0 Å². The number of hydrogen-bond donors (Lipinski definition) is 1. The van der Waals surface area contributed by atoms with E-state index in [1.807, 2.05) is 49.4 Å². The molecule has 1 aliphatic carbocycles. The maximum Gasteiger partial charge on any atom is 0.252 e. The number of aryl methyl sites for hydroxylation is 1. The van der Waals surface area contributed by atoms with Crippen molar-refractivity contribution in [1.82, 2.24) is 10.2 Å². The molecule has 3 aromatic rings. The van der Waals surface area contributed by atoms with E-state index in [4.69, 9.17) is 0 Å². The molecule has 1 saturated heterocycles. The Hall–Kier alpha value is -2.90. The molecular weight excluding hydrogens is 446 g/mol. The summed E-state index contributed by atoms with van der Waals surface area (Å²) in [5.41, 5.74) is 3.21. The fraction of sp³-hybridized carbons (Fsp3) is 0.370. The van der Waals surface area contributed by atoms with Gasteiger partial charge in [0.05, 0.1) is 10.4 Å². The molecule has 0 aromatic heterocycles. The van der Waals surface area contributed by atoms with Crippen LogP contribution in [-0.4, -0.2) is 58.7 Å². The summed E-state index contributed by atoms with van der Waals surface area (Å²) in [5, 5.41) is 4.89. The predicted octanol–water partition coefficient (Wildman–Crippen LogP) is 3.72. The van der Waals surface area contributed by atoms with Gasteiger partial charge in [-0.2, -0.15) is 0 Å². The molecule has 1 amide bonds. The van der Waals surface area contributed by atoms with Crippen molar-refractivity contribution in [2.75, 3.05) is 38.3 Å². The zero-order valence-corrected chi connectivity index (χ0v) is 20.9. The van der Waals surface area contributed by atoms with Crippen LogP contribution in [0.15, 0.2) is 59.5 Å². The molecule has 3 aromatic carbocycles. The molecule has 6 nitrogen and oxygen atoms in total. The fourth-order valence-corrected chi connectivity index (χ4v) is 5.82. The number of sulfone groups is 1. The Bertz CT molecular complexity index is 1390. The molecule has 5 rings (SSSR count). The van der Waals surface area contributed by atoms with Crippen molar-refractivity contribution in [1.29, 1.82) is 0 Å². The van der Waals surface area contributed by atoms with E-state index in [0.717, 1.165) is 48.1 Å². The minimum absolute atomic E-state index is 0.0854. The Morgan fingerprint density at radius 2 is 1.71 bits per heavy atom. The highest BCUT2D eigenvalue weighted by molar-refractivity contribution is 7.91. The highest BCUT2D eigenvalue weighted by atomic mass is 32.2. The minimum atomic E-state index is -3.36. The van der Waals surface area contributed by atoms with Crippen LogP contribution in [-0.2, 0) is 15.4 Å². The second kappa shape index (κ2) is 8.10. The van der Waals surface area contributed by atoms with Crippen molar-refractivity contribution in [3.8, 4) is 0 Å².